The number of hydrogen-bond donors (Lipinski definition) is 2. The molecule has 4 nitrogen and oxygen atoms in total. The average molecular weight is 222 g/mol. The van der Waals surface area contributed by atoms with E-state index in [0.717, 1.165) is 0 Å². The summed E-state index contributed by atoms with van der Waals surface area (Å²) in [5.41, 5.74) is 1.53. The maximum atomic E-state index is 10.8. The molecule has 0 unspecified atom stereocenters. The molecule has 0 saturated carbocycles. The monoisotopic (exact) mass is 222 g/mol. The summed E-state index contributed by atoms with van der Waals surface area (Å²) >= 11 is 0. The van der Waals surface area contributed by atoms with Crippen LogP contribution in [0.1, 0.15) is 23.6 Å². The van der Waals surface area contributed by atoms with Gasteiger partial charge < -0.3 is 14.9 Å². The summed E-state index contributed by atoms with van der Waals surface area (Å²) in [5.74, 6) is -0.214. The van der Waals surface area contributed by atoms with E-state index in [1.54, 1.807) is 13.0 Å². The third kappa shape index (κ3) is 2.61. The second-order valence-electron chi connectivity index (χ2n) is 3.48. The van der Waals surface area contributed by atoms with Gasteiger partial charge in [0.2, 0.25) is 0 Å². The molecule has 0 fully saturated rings. The Morgan fingerprint density at radius 3 is 2.62 bits per heavy atom. The number of ether oxygens (including phenoxy) is 1. The lowest BCUT2D eigenvalue weighted by molar-refractivity contribution is -0.134. The van der Waals surface area contributed by atoms with Crippen LogP contribution in [0.5, 0.6) is 5.75 Å². The minimum absolute atomic E-state index is 0.0434. The zero-order chi connectivity index (χ0) is 12.3. The van der Waals surface area contributed by atoms with E-state index in [-0.39, 0.29) is 18.1 Å². The molecule has 1 aromatic rings. The number of aliphatic hydroxyl groups excluding tert-OH is 1. The predicted octanol–water partition coefficient (Wildman–Crippen LogP) is 1.73. The second-order valence-corrected chi connectivity index (χ2v) is 3.48. The van der Waals surface area contributed by atoms with E-state index in [9.17, 15) is 9.90 Å². The molecule has 0 aliphatic carbocycles. The molecule has 0 saturated heterocycles. The summed E-state index contributed by atoms with van der Waals surface area (Å²) in [6, 6.07) is 3.17. The van der Waals surface area contributed by atoms with Gasteiger partial charge in [-0.25, -0.2) is 0 Å². The Labute approximate surface area is 93.8 Å². The van der Waals surface area contributed by atoms with E-state index >= 15 is 0 Å². The summed E-state index contributed by atoms with van der Waals surface area (Å²) in [6.45, 7) is 6.30. The summed E-state index contributed by atoms with van der Waals surface area (Å²) < 4.78 is 4.83. The Morgan fingerprint density at radius 2 is 2.12 bits per heavy atom. The number of carbonyl (C=O) groups excluding carboxylic acids is 1. The Kier molecular flexibility index (Phi) is 3.68. The van der Waals surface area contributed by atoms with Crippen molar-refractivity contribution in [3.8, 4) is 5.75 Å². The minimum Gasteiger partial charge on any atom is -0.507 e. The average Bonchev–Trinajstić information content (AvgIpc) is 2.20. The van der Waals surface area contributed by atoms with Crippen LogP contribution in [-0.4, -0.2) is 16.2 Å². The Balaban J connectivity index is 3.11. The molecule has 4 heteroatoms. The van der Waals surface area contributed by atoms with Crippen molar-refractivity contribution in [2.75, 3.05) is 0 Å². The molecule has 0 aliphatic heterocycles. The summed E-state index contributed by atoms with van der Waals surface area (Å²) in [6.07, 6.45) is 0. The first-order valence-corrected chi connectivity index (χ1v) is 4.76. The van der Waals surface area contributed by atoms with E-state index in [1.165, 1.54) is 13.0 Å². The molecule has 0 radical (unpaired) electrons. The quantitative estimate of drug-likeness (QED) is 0.603. The number of hydrogen-bond acceptors (Lipinski definition) is 4. The third-order valence-electron chi connectivity index (χ3n) is 2.14. The van der Waals surface area contributed by atoms with Crippen molar-refractivity contribution in [1.29, 1.82) is 0 Å². The van der Waals surface area contributed by atoms with E-state index in [0.29, 0.717) is 16.7 Å². The van der Waals surface area contributed by atoms with Gasteiger partial charge in [0.1, 0.15) is 11.5 Å². The lowest BCUT2D eigenvalue weighted by atomic mass is 10.0. The number of esters is 1. The molecular formula is C12H14O4. The molecule has 1 rings (SSSR count). The maximum absolute atomic E-state index is 10.8. The van der Waals surface area contributed by atoms with Gasteiger partial charge in [-0.2, -0.15) is 0 Å². The molecule has 2 N–H and O–H groups in total. The van der Waals surface area contributed by atoms with E-state index in [4.69, 9.17) is 9.84 Å². The zero-order valence-corrected chi connectivity index (χ0v) is 9.28. The number of rotatable bonds is 3. The number of aromatic hydroxyl groups is 1. The van der Waals surface area contributed by atoms with Gasteiger partial charge in [0, 0.05) is 18.1 Å². The van der Waals surface area contributed by atoms with Gasteiger partial charge in [0.05, 0.1) is 6.61 Å². The highest BCUT2D eigenvalue weighted by atomic mass is 16.5. The number of aliphatic hydroxyl groups is 1. The molecule has 86 valence electrons. The lowest BCUT2D eigenvalue weighted by Gasteiger charge is -2.10. The van der Waals surface area contributed by atoms with Crippen molar-refractivity contribution in [3.05, 3.63) is 35.4 Å². The van der Waals surface area contributed by atoms with Gasteiger partial charge in [0.25, 0.3) is 0 Å². The fourth-order valence-corrected chi connectivity index (χ4v) is 1.37. The number of carbonyl (C=O) groups is 1. The zero-order valence-electron chi connectivity index (χ0n) is 9.28. The van der Waals surface area contributed by atoms with Crippen LogP contribution in [0.15, 0.2) is 18.7 Å². The van der Waals surface area contributed by atoms with Crippen LogP contribution in [0, 0.1) is 6.92 Å². The summed E-state index contributed by atoms with van der Waals surface area (Å²) in [5, 5.41) is 18.6. The van der Waals surface area contributed by atoms with Crippen molar-refractivity contribution in [1.82, 2.24) is 0 Å². The first kappa shape index (κ1) is 12.3. The maximum Gasteiger partial charge on any atom is 0.308 e. The van der Waals surface area contributed by atoms with Crippen LogP contribution in [-0.2, 0) is 16.1 Å². The molecule has 0 amide bonds. The van der Waals surface area contributed by atoms with Gasteiger partial charge >= 0.3 is 5.97 Å². The summed E-state index contributed by atoms with van der Waals surface area (Å²) in [4.78, 5) is 10.8. The number of phenols is 1. The van der Waals surface area contributed by atoms with Crippen molar-refractivity contribution >= 4 is 11.7 Å². The molecular weight excluding hydrogens is 208 g/mol. The minimum atomic E-state index is -0.457. The van der Waals surface area contributed by atoms with Crippen LogP contribution in [0.3, 0.4) is 0 Å². The third-order valence-corrected chi connectivity index (χ3v) is 2.14. The number of aryl methyl sites for hydroxylation is 1. The van der Waals surface area contributed by atoms with Gasteiger partial charge in [-0.15, -0.1) is 0 Å². The van der Waals surface area contributed by atoms with Crippen molar-refractivity contribution < 1.29 is 19.7 Å². The summed E-state index contributed by atoms with van der Waals surface area (Å²) in [7, 11) is 0. The van der Waals surface area contributed by atoms with Crippen molar-refractivity contribution in [3.63, 3.8) is 0 Å². The van der Waals surface area contributed by atoms with E-state index < -0.39 is 5.97 Å². The topological polar surface area (TPSA) is 66.8 Å². The van der Waals surface area contributed by atoms with Crippen LogP contribution >= 0.6 is 0 Å². The molecule has 0 aromatic heterocycles. The largest absolute Gasteiger partial charge is 0.507 e. The second kappa shape index (κ2) is 4.81. The Bertz CT molecular complexity index is 435. The highest BCUT2D eigenvalue weighted by Gasteiger charge is 2.10. The van der Waals surface area contributed by atoms with E-state index in [2.05, 4.69) is 6.58 Å². The van der Waals surface area contributed by atoms with Gasteiger partial charge in [-0.1, -0.05) is 6.58 Å². The highest BCUT2D eigenvalue weighted by Crippen LogP contribution is 2.27. The SMILES string of the molecule is C=C(OC(C)=O)c1cc(C)c(O)c(CO)c1. The van der Waals surface area contributed by atoms with Crippen LogP contribution < -0.4 is 0 Å². The van der Waals surface area contributed by atoms with Crippen molar-refractivity contribution in [2.24, 2.45) is 0 Å². The molecule has 0 atom stereocenters. The lowest BCUT2D eigenvalue weighted by Crippen LogP contribution is -1.99. The molecule has 0 aliphatic rings. The van der Waals surface area contributed by atoms with Gasteiger partial charge in [0.15, 0.2) is 0 Å². The van der Waals surface area contributed by atoms with Gasteiger partial charge in [-0.3, -0.25) is 4.79 Å². The van der Waals surface area contributed by atoms with Crippen LogP contribution in [0.25, 0.3) is 5.76 Å². The first-order chi connectivity index (χ1) is 7.45. The predicted molar refractivity (Wildman–Crippen MR) is 59.6 cm³/mol. The molecule has 0 spiro atoms. The molecule has 0 heterocycles. The molecule has 1 aromatic carbocycles. The highest BCUT2D eigenvalue weighted by molar-refractivity contribution is 5.76. The number of benzene rings is 1. The van der Waals surface area contributed by atoms with Crippen LogP contribution in [0.4, 0.5) is 0 Å². The molecule has 16 heavy (non-hydrogen) atoms. The smallest absolute Gasteiger partial charge is 0.308 e. The van der Waals surface area contributed by atoms with E-state index in [1.807, 2.05) is 0 Å². The normalized spacial score (nSPS) is 9.94. The first-order valence-electron chi connectivity index (χ1n) is 4.76. The molecule has 0 bridgehead atoms. The fourth-order valence-electron chi connectivity index (χ4n) is 1.37. The van der Waals surface area contributed by atoms with Crippen molar-refractivity contribution in [2.45, 2.75) is 20.5 Å². The Hall–Kier alpha value is -1.81. The Morgan fingerprint density at radius 1 is 1.50 bits per heavy atom. The van der Waals surface area contributed by atoms with Crippen LogP contribution in [0.2, 0.25) is 0 Å². The van der Waals surface area contributed by atoms with Gasteiger partial charge in [-0.05, 0) is 24.6 Å². The fraction of sp³-hybridized carbons (Fsp3) is 0.250. The standard InChI is InChI=1S/C12H14O4/c1-7-4-10(8(2)16-9(3)14)5-11(6-13)12(7)15/h4-5,13,15H,2,6H2,1,3H3.